The SMILES string of the molecule is Cn1c(=O)n(CC2CCC(C(=O)NCc3ccccc3)CC2)c(=O)c2sccc21. The second-order valence-electron chi connectivity index (χ2n) is 7.81. The van der Waals surface area contributed by atoms with Crippen molar-refractivity contribution in [3.05, 3.63) is 68.2 Å². The Morgan fingerprint density at radius 3 is 2.55 bits per heavy atom. The van der Waals surface area contributed by atoms with Crippen LogP contribution in [0.4, 0.5) is 0 Å². The van der Waals surface area contributed by atoms with Crippen molar-refractivity contribution < 1.29 is 4.79 Å². The third-order valence-electron chi connectivity index (χ3n) is 5.93. The van der Waals surface area contributed by atoms with E-state index in [0.717, 1.165) is 31.2 Å². The first kappa shape index (κ1) is 19.6. The van der Waals surface area contributed by atoms with E-state index in [1.165, 1.54) is 15.9 Å². The zero-order valence-corrected chi connectivity index (χ0v) is 17.3. The molecule has 0 atom stereocenters. The lowest BCUT2D eigenvalue weighted by Crippen LogP contribution is -2.41. The third kappa shape index (κ3) is 4.05. The van der Waals surface area contributed by atoms with Crippen molar-refractivity contribution in [3.8, 4) is 0 Å². The van der Waals surface area contributed by atoms with Crippen LogP contribution in [0, 0.1) is 11.8 Å². The van der Waals surface area contributed by atoms with Gasteiger partial charge in [0.15, 0.2) is 0 Å². The average molecular weight is 412 g/mol. The van der Waals surface area contributed by atoms with Crippen LogP contribution in [0.1, 0.15) is 31.2 Å². The summed E-state index contributed by atoms with van der Waals surface area (Å²) in [4.78, 5) is 37.8. The molecule has 0 unspecified atom stereocenters. The van der Waals surface area contributed by atoms with Gasteiger partial charge in [0.25, 0.3) is 5.56 Å². The second-order valence-corrected chi connectivity index (χ2v) is 8.73. The van der Waals surface area contributed by atoms with Crippen molar-refractivity contribution in [2.75, 3.05) is 0 Å². The monoisotopic (exact) mass is 411 g/mol. The number of amides is 1. The lowest BCUT2D eigenvalue weighted by molar-refractivity contribution is -0.126. The Morgan fingerprint density at radius 2 is 1.83 bits per heavy atom. The van der Waals surface area contributed by atoms with Crippen LogP contribution in [-0.2, 0) is 24.9 Å². The van der Waals surface area contributed by atoms with Crippen molar-refractivity contribution >= 4 is 27.5 Å². The van der Waals surface area contributed by atoms with Gasteiger partial charge < -0.3 is 5.32 Å². The van der Waals surface area contributed by atoms with Crippen LogP contribution in [0.25, 0.3) is 10.2 Å². The molecule has 1 amide bonds. The predicted molar refractivity (Wildman–Crippen MR) is 115 cm³/mol. The Morgan fingerprint density at radius 1 is 1.10 bits per heavy atom. The molecule has 4 rings (SSSR count). The van der Waals surface area contributed by atoms with Gasteiger partial charge in [-0.25, -0.2) is 4.79 Å². The molecule has 3 aromatic rings. The maximum atomic E-state index is 12.7. The molecular weight excluding hydrogens is 386 g/mol. The average Bonchev–Trinajstić information content (AvgIpc) is 3.25. The van der Waals surface area contributed by atoms with E-state index in [4.69, 9.17) is 0 Å². The number of carbonyl (C=O) groups excluding carboxylic acids is 1. The van der Waals surface area contributed by atoms with Gasteiger partial charge in [0.1, 0.15) is 4.70 Å². The summed E-state index contributed by atoms with van der Waals surface area (Å²) in [6.07, 6.45) is 3.28. The molecule has 0 radical (unpaired) electrons. The largest absolute Gasteiger partial charge is 0.352 e. The standard InChI is InChI=1S/C22H25N3O3S/c1-24-18-11-12-29-19(18)21(27)25(22(24)28)14-16-7-9-17(10-8-16)20(26)23-13-15-5-3-2-4-6-15/h2-6,11-12,16-17H,7-10,13-14H2,1H3,(H,23,26). The molecule has 1 aliphatic carbocycles. The molecule has 1 saturated carbocycles. The van der Waals surface area contributed by atoms with Gasteiger partial charge in [0.05, 0.1) is 5.52 Å². The molecular formula is C22H25N3O3S. The lowest BCUT2D eigenvalue weighted by atomic mass is 9.81. The Bertz CT molecular complexity index is 1120. The second kappa shape index (κ2) is 8.37. The fourth-order valence-corrected chi connectivity index (χ4v) is 5.05. The van der Waals surface area contributed by atoms with Crippen molar-refractivity contribution in [1.82, 2.24) is 14.5 Å². The topological polar surface area (TPSA) is 73.1 Å². The van der Waals surface area contributed by atoms with Gasteiger partial charge in [-0.05, 0) is 48.6 Å². The summed E-state index contributed by atoms with van der Waals surface area (Å²) < 4.78 is 3.55. The van der Waals surface area contributed by atoms with Crippen LogP contribution in [0.5, 0.6) is 0 Å². The number of benzene rings is 1. The van der Waals surface area contributed by atoms with Crippen molar-refractivity contribution in [1.29, 1.82) is 0 Å². The number of rotatable bonds is 5. The van der Waals surface area contributed by atoms with Gasteiger partial charge in [-0.3, -0.25) is 18.7 Å². The minimum Gasteiger partial charge on any atom is -0.352 e. The van der Waals surface area contributed by atoms with E-state index < -0.39 is 0 Å². The maximum absolute atomic E-state index is 12.7. The number of hydrogen-bond acceptors (Lipinski definition) is 4. The molecule has 1 aliphatic rings. The quantitative estimate of drug-likeness (QED) is 0.702. The summed E-state index contributed by atoms with van der Waals surface area (Å²) in [6.45, 7) is 0.976. The Hall–Kier alpha value is -2.67. The molecule has 0 aliphatic heterocycles. The molecule has 2 heterocycles. The van der Waals surface area contributed by atoms with Crippen LogP contribution >= 0.6 is 11.3 Å². The molecule has 0 spiro atoms. The third-order valence-corrected chi connectivity index (χ3v) is 6.82. The summed E-state index contributed by atoms with van der Waals surface area (Å²) >= 11 is 1.37. The molecule has 6 nitrogen and oxygen atoms in total. The van der Waals surface area contributed by atoms with Gasteiger partial charge in [-0.1, -0.05) is 30.3 Å². The maximum Gasteiger partial charge on any atom is 0.331 e. The van der Waals surface area contributed by atoms with E-state index in [2.05, 4.69) is 5.32 Å². The number of nitrogens with one attached hydrogen (secondary N) is 1. The van der Waals surface area contributed by atoms with Crippen LogP contribution < -0.4 is 16.6 Å². The number of fused-ring (bicyclic) bond motifs is 1. The predicted octanol–water partition coefficient (Wildman–Crippen LogP) is 2.88. The van der Waals surface area contributed by atoms with Crippen LogP contribution in [0.15, 0.2) is 51.4 Å². The van der Waals surface area contributed by atoms with E-state index >= 15 is 0 Å². The van der Waals surface area contributed by atoms with Crippen LogP contribution in [0.2, 0.25) is 0 Å². The fourth-order valence-electron chi connectivity index (χ4n) is 4.18. The minimum atomic E-state index is -0.261. The highest BCUT2D eigenvalue weighted by Gasteiger charge is 2.27. The summed E-state index contributed by atoms with van der Waals surface area (Å²) in [7, 11) is 1.71. The Balaban J connectivity index is 1.37. The summed E-state index contributed by atoms with van der Waals surface area (Å²) in [5, 5.41) is 4.87. The van der Waals surface area contributed by atoms with Crippen molar-refractivity contribution in [3.63, 3.8) is 0 Å². The van der Waals surface area contributed by atoms with E-state index in [-0.39, 0.29) is 29.0 Å². The number of thiophene rings is 1. The molecule has 2 aromatic heterocycles. The zero-order valence-electron chi connectivity index (χ0n) is 16.5. The van der Waals surface area contributed by atoms with Gasteiger partial charge in [-0.15, -0.1) is 11.3 Å². The van der Waals surface area contributed by atoms with E-state index in [0.29, 0.717) is 23.3 Å². The molecule has 1 N–H and O–H groups in total. The van der Waals surface area contributed by atoms with Crippen LogP contribution in [0.3, 0.4) is 0 Å². The first-order valence-electron chi connectivity index (χ1n) is 10.0. The molecule has 1 aromatic carbocycles. The van der Waals surface area contributed by atoms with Gasteiger partial charge in [-0.2, -0.15) is 0 Å². The van der Waals surface area contributed by atoms with E-state index in [1.807, 2.05) is 41.8 Å². The normalized spacial score (nSPS) is 19.3. The van der Waals surface area contributed by atoms with Crippen LogP contribution in [-0.4, -0.2) is 15.0 Å². The molecule has 29 heavy (non-hydrogen) atoms. The number of carbonyl (C=O) groups is 1. The minimum absolute atomic E-state index is 0.00860. The summed E-state index contributed by atoms with van der Waals surface area (Å²) in [5.41, 5.74) is 1.33. The van der Waals surface area contributed by atoms with E-state index in [1.54, 1.807) is 11.6 Å². The molecule has 0 saturated heterocycles. The van der Waals surface area contributed by atoms with Crippen molar-refractivity contribution in [2.24, 2.45) is 18.9 Å². The Kier molecular flexibility index (Phi) is 5.67. The fraction of sp³-hybridized carbons (Fsp3) is 0.409. The summed E-state index contributed by atoms with van der Waals surface area (Å²) in [6, 6.07) is 11.7. The Labute approximate surface area is 172 Å². The van der Waals surface area contributed by atoms with Gasteiger partial charge in [0, 0.05) is 26.1 Å². The number of aromatic nitrogens is 2. The highest BCUT2D eigenvalue weighted by atomic mass is 32.1. The van der Waals surface area contributed by atoms with Gasteiger partial charge >= 0.3 is 5.69 Å². The van der Waals surface area contributed by atoms with Crippen molar-refractivity contribution in [2.45, 2.75) is 38.8 Å². The first-order chi connectivity index (χ1) is 14.0. The molecule has 152 valence electrons. The molecule has 7 heteroatoms. The number of aryl methyl sites for hydroxylation is 1. The van der Waals surface area contributed by atoms with E-state index in [9.17, 15) is 14.4 Å². The molecule has 0 bridgehead atoms. The molecule has 1 fully saturated rings. The summed E-state index contributed by atoms with van der Waals surface area (Å²) in [5.74, 6) is 0.352. The first-order valence-corrected chi connectivity index (χ1v) is 10.9. The number of nitrogens with zero attached hydrogens (tertiary/aromatic N) is 2. The van der Waals surface area contributed by atoms with Gasteiger partial charge in [0.2, 0.25) is 5.91 Å². The highest BCUT2D eigenvalue weighted by Crippen LogP contribution is 2.29. The lowest BCUT2D eigenvalue weighted by Gasteiger charge is -2.28. The highest BCUT2D eigenvalue weighted by molar-refractivity contribution is 7.17. The number of hydrogen-bond donors (Lipinski definition) is 1. The zero-order chi connectivity index (χ0) is 20.4. The smallest absolute Gasteiger partial charge is 0.331 e.